The Morgan fingerprint density at radius 1 is 1.73 bits per heavy atom. The van der Waals surface area contributed by atoms with Crippen molar-refractivity contribution in [2.24, 2.45) is 0 Å². The normalized spacial score (nSPS) is 11.2. The van der Waals surface area contributed by atoms with Crippen LogP contribution < -0.4 is 5.32 Å². The number of nitrogens with one attached hydrogen (secondary N) is 1. The Labute approximate surface area is 74.3 Å². The first-order valence-corrected chi connectivity index (χ1v) is 7.22. The van der Waals surface area contributed by atoms with E-state index >= 15 is 0 Å². The van der Waals surface area contributed by atoms with Gasteiger partial charge in [0.05, 0.1) is 5.75 Å². The molecule has 66 valence electrons. The van der Waals surface area contributed by atoms with Gasteiger partial charge in [0.15, 0.2) is 0 Å². The van der Waals surface area contributed by atoms with Crippen LogP contribution in [0, 0.1) is 0 Å². The summed E-state index contributed by atoms with van der Waals surface area (Å²) < 4.78 is 0. The van der Waals surface area contributed by atoms with Crippen LogP contribution in [0.15, 0.2) is 0 Å². The molecule has 11 heavy (non-hydrogen) atoms. The minimum atomic E-state index is -3.25. The fraction of sp³-hybridized carbons (Fsp3) is 0.750. The van der Waals surface area contributed by atoms with Crippen molar-refractivity contribution < 1.29 is 14.6 Å². The lowest BCUT2D eigenvalue weighted by Crippen LogP contribution is -2.24. The van der Waals surface area contributed by atoms with E-state index in [1.165, 1.54) is 0 Å². The molecule has 0 spiro atoms. The number of carbonyl (C=O) groups excluding carboxylic acids is 1. The summed E-state index contributed by atoms with van der Waals surface area (Å²) in [6, 6.07) is 0. The van der Waals surface area contributed by atoms with E-state index in [-0.39, 0.29) is 11.7 Å². The highest BCUT2D eigenvalue weighted by Crippen LogP contribution is 2.50. The summed E-state index contributed by atoms with van der Waals surface area (Å²) in [6.45, 7) is 2.33. The average molecular weight is 215 g/mol. The van der Waals surface area contributed by atoms with Crippen molar-refractivity contribution in [2.45, 2.75) is 6.92 Å². The van der Waals surface area contributed by atoms with Crippen molar-refractivity contribution in [3.63, 3.8) is 0 Å². The fourth-order valence-electron chi connectivity index (χ4n) is 0.391. The molecule has 0 unspecified atom stereocenters. The van der Waals surface area contributed by atoms with Gasteiger partial charge >= 0.3 is 0 Å². The van der Waals surface area contributed by atoms with Crippen LogP contribution in [0.2, 0.25) is 0 Å². The molecular formula is C4H10NO3PS2. The third kappa shape index (κ3) is 8.29. The van der Waals surface area contributed by atoms with Crippen LogP contribution in [0.3, 0.4) is 0 Å². The van der Waals surface area contributed by atoms with E-state index < -0.39 is 5.69 Å². The second-order valence-electron chi connectivity index (χ2n) is 1.72. The lowest BCUT2D eigenvalue weighted by atomic mass is 10.6. The first-order chi connectivity index (χ1) is 4.95. The molecular weight excluding hydrogens is 205 g/mol. The van der Waals surface area contributed by atoms with Gasteiger partial charge in [0.2, 0.25) is 11.6 Å². The Morgan fingerprint density at radius 2 is 2.27 bits per heavy atom. The predicted octanol–water partition coefficient (Wildman–Crippen LogP) is 0.0648. The van der Waals surface area contributed by atoms with Crippen molar-refractivity contribution in [1.29, 1.82) is 0 Å². The quantitative estimate of drug-likeness (QED) is 0.579. The summed E-state index contributed by atoms with van der Waals surface area (Å²) in [5.41, 5.74) is -3.25. The maximum atomic E-state index is 10.7. The Morgan fingerprint density at radius 3 is 2.64 bits per heavy atom. The first-order valence-electron chi connectivity index (χ1n) is 2.92. The maximum Gasteiger partial charge on any atom is 0.242 e. The third-order valence-electron chi connectivity index (χ3n) is 0.738. The van der Waals surface area contributed by atoms with Gasteiger partial charge in [-0.25, -0.2) is 0 Å². The number of hydrogen-bond donors (Lipinski definition) is 3. The molecule has 0 aromatic heterocycles. The fourth-order valence-corrected chi connectivity index (χ4v) is 2.11. The largest absolute Gasteiger partial charge is 0.356 e. The lowest BCUT2D eigenvalue weighted by Gasteiger charge is -2.05. The van der Waals surface area contributed by atoms with Crippen molar-refractivity contribution in [3.05, 3.63) is 0 Å². The lowest BCUT2D eigenvalue weighted by molar-refractivity contribution is -0.118. The van der Waals surface area contributed by atoms with E-state index in [0.717, 1.165) is 0 Å². The molecule has 0 aliphatic heterocycles. The summed E-state index contributed by atoms with van der Waals surface area (Å²) in [6.07, 6.45) is 0. The summed E-state index contributed by atoms with van der Waals surface area (Å²) in [5.74, 6) is -0.215. The van der Waals surface area contributed by atoms with Crippen LogP contribution >= 0.6 is 17.1 Å². The van der Waals surface area contributed by atoms with Crippen LogP contribution in [0.1, 0.15) is 6.92 Å². The van der Waals surface area contributed by atoms with Crippen molar-refractivity contribution in [3.8, 4) is 0 Å². The molecule has 0 aliphatic carbocycles. The molecule has 0 radical (unpaired) electrons. The third-order valence-corrected chi connectivity index (χ3v) is 3.81. The number of hydrogen-bond acceptors (Lipinski definition) is 3. The Bertz CT molecular complexity index is 180. The highest BCUT2D eigenvalue weighted by molar-refractivity contribution is 8.67. The number of rotatable bonds is 4. The molecule has 0 atom stereocenters. The average Bonchev–Trinajstić information content (AvgIpc) is 1.83. The summed E-state index contributed by atoms with van der Waals surface area (Å²) in [4.78, 5) is 28.1. The molecule has 0 fully saturated rings. The monoisotopic (exact) mass is 215 g/mol. The van der Waals surface area contributed by atoms with Gasteiger partial charge < -0.3 is 15.1 Å². The van der Waals surface area contributed by atoms with Gasteiger partial charge in [-0.05, 0) is 18.7 Å². The van der Waals surface area contributed by atoms with Crippen LogP contribution in [-0.2, 0) is 16.6 Å². The highest BCUT2D eigenvalue weighted by Gasteiger charge is 2.10. The second kappa shape index (κ2) is 5.11. The van der Waals surface area contributed by atoms with Gasteiger partial charge in [-0.15, -0.1) is 0 Å². The summed E-state index contributed by atoms with van der Waals surface area (Å²) in [7, 11) is 0. The predicted molar refractivity (Wildman–Crippen MR) is 49.9 cm³/mol. The second-order valence-corrected chi connectivity index (χ2v) is 7.77. The topological polar surface area (TPSA) is 69.6 Å². The van der Waals surface area contributed by atoms with Crippen LogP contribution in [0.4, 0.5) is 0 Å². The molecule has 0 aliphatic rings. The van der Waals surface area contributed by atoms with Crippen LogP contribution in [0.5, 0.6) is 0 Å². The first kappa shape index (κ1) is 11.4. The van der Waals surface area contributed by atoms with Crippen molar-refractivity contribution >= 4 is 34.8 Å². The van der Waals surface area contributed by atoms with E-state index in [2.05, 4.69) is 17.1 Å². The Hall–Kier alpha value is 0.390. The van der Waals surface area contributed by atoms with Gasteiger partial charge in [-0.2, -0.15) is 0 Å². The zero-order valence-electron chi connectivity index (χ0n) is 5.98. The molecule has 0 rings (SSSR count). The van der Waals surface area contributed by atoms with Gasteiger partial charge in [-0.1, -0.05) is 11.4 Å². The number of carbonyl (C=O) groups is 1. The zero-order chi connectivity index (χ0) is 8.91. The van der Waals surface area contributed by atoms with Crippen LogP contribution in [0.25, 0.3) is 0 Å². The van der Waals surface area contributed by atoms with Gasteiger partial charge in [0, 0.05) is 6.54 Å². The van der Waals surface area contributed by atoms with Crippen LogP contribution in [-0.4, -0.2) is 28.0 Å². The molecule has 7 heteroatoms. The smallest absolute Gasteiger partial charge is 0.242 e. The molecule has 0 aromatic rings. The zero-order valence-corrected chi connectivity index (χ0v) is 8.51. The van der Waals surface area contributed by atoms with Gasteiger partial charge in [0.1, 0.15) is 0 Å². The molecule has 0 saturated carbocycles. The van der Waals surface area contributed by atoms with E-state index in [1.807, 2.05) is 0 Å². The van der Waals surface area contributed by atoms with E-state index in [4.69, 9.17) is 9.79 Å². The summed E-state index contributed by atoms with van der Waals surface area (Å²) >= 11 is 5.00. The molecule has 0 saturated heterocycles. The minimum absolute atomic E-state index is 0.0120. The molecule has 0 aromatic carbocycles. The molecule has 1 amide bonds. The standard InChI is InChI=1S/C4H10NO3PS2/c1-2-5-4(6)3-11-9(7,8)10/h2-3H2,1H3,(H,5,6)(H2,7,8,10). The number of amides is 1. The SMILES string of the molecule is CCNC(=O)CSP(O)(O)=S. The minimum Gasteiger partial charge on any atom is -0.356 e. The molecule has 0 bridgehead atoms. The van der Waals surface area contributed by atoms with Gasteiger partial charge in [0.25, 0.3) is 0 Å². The van der Waals surface area contributed by atoms with E-state index in [1.54, 1.807) is 6.92 Å². The van der Waals surface area contributed by atoms with Crippen molar-refractivity contribution in [1.82, 2.24) is 5.32 Å². The van der Waals surface area contributed by atoms with E-state index in [9.17, 15) is 4.79 Å². The Kier molecular flexibility index (Phi) is 5.29. The van der Waals surface area contributed by atoms with Gasteiger partial charge in [-0.3, -0.25) is 4.79 Å². The molecule has 4 nitrogen and oxygen atoms in total. The van der Waals surface area contributed by atoms with E-state index in [0.29, 0.717) is 17.9 Å². The molecule has 3 N–H and O–H groups in total. The summed E-state index contributed by atoms with van der Waals surface area (Å²) in [5, 5.41) is 2.51. The molecule has 0 heterocycles. The van der Waals surface area contributed by atoms with Crippen molar-refractivity contribution in [2.75, 3.05) is 12.3 Å². The maximum absolute atomic E-state index is 10.7. The Balaban J connectivity index is 3.55. The highest BCUT2D eigenvalue weighted by atomic mass is 32.9.